The summed E-state index contributed by atoms with van der Waals surface area (Å²) in [5.74, 6) is 0.515. The average Bonchev–Trinajstić information content (AvgIpc) is 2.68. The number of carbonyl (C=O) groups is 1. The molecule has 0 aromatic rings. The van der Waals surface area contributed by atoms with E-state index in [0.29, 0.717) is 18.8 Å². The summed E-state index contributed by atoms with van der Waals surface area (Å²) in [5, 5.41) is 21.2. The highest BCUT2D eigenvalue weighted by Gasteiger charge is 2.66. The second-order valence-corrected chi connectivity index (χ2v) is 8.69. The van der Waals surface area contributed by atoms with Crippen LogP contribution in [0.1, 0.15) is 71.1 Å². The monoisotopic (exact) mass is 364 g/mol. The van der Waals surface area contributed by atoms with Crippen LogP contribution in [0.5, 0.6) is 0 Å². The lowest BCUT2D eigenvalue weighted by Crippen LogP contribution is -2.70. The van der Waals surface area contributed by atoms with Gasteiger partial charge in [0.05, 0.1) is 12.2 Å². The van der Waals surface area contributed by atoms with Crippen molar-refractivity contribution in [2.45, 2.75) is 88.9 Å². The molecule has 3 saturated carbocycles. The zero-order valence-corrected chi connectivity index (χ0v) is 16.4. The predicted molar refractivity (Wildman–Crippen MR) is 102 cm³/mol. The Morgan fingerprint density at radius 3 is 2.65 bits per heavy atom. The third-order valence-corrected chi connectivity index (χ3v) is 7.29. The molecule has 4 heteroatoms. The molecule has 2 N–H and O–H groups in total. The van der Waals surface area contributed by atoms with E-state index >= 15 is 0 Å². The summed E-state index contributed by atoms with van der Waals surface area (Å²) in [4.78, 5) is 12.8. The maximum atomic E-state index is 12.8. The van der Waals surface area contributed by atoms with E-state index in [1.807, 2.05) is 12.2 Å². The van der Waals surface area contributed by atoms with Gasteiger partial charge in [-0.25, -0.2) is 0 Å². The van der Waals surface area contributed by atoms with Crippen LogP contribution in [0.15, 0.2) is 12.2 Å². The number of aliphatic hydroxyl groups excluding tert-OH is 2. The molecule has 1 unspecified atom stereocenters. The Hall–Kier alpha value is -0.710. The van der Waals surface area contributed by atoms with Crippen molar-refractivity contribution in [2.24, 2.45) is 23.7 Å². The van der Waals surface area contributed by atoms with Crippen LogP contribution in [0.4, 0.5) is 0 Å². The van der Waals surface area contributed by atoms with E-state index in [-0.39, 0.29) is 23.5 Å². The molecule has 0 aromatic carbocycles. The Labute approximate surface area is 158 Å². The summed E-state index contributed by atoms with van der Waals surface area (Å²) >= 11 is 0. The number of carbonyl (C=O) groups excluding carboxylic acids is 1. The zero-order chi connectivity index (χ0) is 18.7. The van der Waals surface area contributed by atoms with Gasteiger partial charge in [-0.1, -0.05) is 51.2 Å². The van der Waals surface area contributed by atoms with Gasteiger partial charge in [-0.3, -0.25) is 4.79 Å². The average molecular weight is 365 g/mol. The minimum atomic E-state index is -0.706. The number of aliphatic hydroxyl groups is 2. The Bertz CT molecular complexity index is 510. The van der Waals surface area contributed by atoms with Crippen molar-refractivity contribution < 1.29 is 19.7 Å². The topological polar surface area (TPSA) is 66.8 Å². The molecule has 3 rings (SSSR count). The van der Waals surface area contributed by atoms with E-state index in [0.717, 1.165) is 32.1 Å². The molecule has 3 aliphatic rings. The zero-order valence-electron chi connectivity index (χ0n) is 16.4. The van der Waals surface area contributed by atoms with Crippen LogP contribution in [0.3, 0.4) is 0 Å². The highest BCUT2D eigenvalue weighted by atomic mass is 16.5. The highest BCUT2D eigenvalue weighted by Crippen LogP contribution is 2.56. The van der Waals surface area contributed by atoms with Gasteiger partial charge < -0.3 is 14.9 Å². The molecule has 0 aliphatic heterocycles. The fourth-order valence-electron chi connectivity index (χ4n) is 5.73. The molecule has 26 heavy (non-hydrogen) atoms. The molecule has 0 amide bonds. The van der Waals surface area contributed by atoms with Gasteiger partial charge in [0.2, 0.25) is 0 Å². The lowest BCUT2D eigenvalue weighted by Gasteiger charge is -2.58. The number of ketones is 1. The van der Waals surface area contributed by atoms with Crippen molar-refractivity contribution in [3.63, 3.8) is 0 Å². The van der Waals surface area contributed by atoms with E-state index < -0.39 is 17.8 Å². The number of methoxy groups -OCH3 is 1. The normalized spacial score (nSPS) is 39.6. The molecule has 0 radical (unpaired) electrons. The largest absolute Gasteiger partial charge is 0.393 e. The fraction of sp³-hybridized carbons (Fsp3) is 0.864. The summed E-state index contributed by atoms with van der Waals surface area (Å²) in [6.45, 7) is 2.14. The molecule has 0 saturated heterocycles. The maximum absolute atomic E-state index is 12.8. The van der Waals surface area contributed by atoms with Crippen molar-refractivity contribution in [3.8, 4) is 0 Å². The van der Waals surface area contributed by atoms with Gasteiger partial charge >= 0.3 is 0 Å². The van der Waals surface area contributed by atoms with Crippen LogP contribution in [-0.4, -0.2) is 40.9 Å². The first-order valence-electron chi connectivity index (χ1n) is 10.7. The first-order valence-corrected chi connectivity index (χ1v) is 10.7. The van der Waals surface area contributed by atoms with Gasteiger partial charge in [0.25, 0.3) is 0 Å². The van der Waals surface area contributed by atoms with Gasteiger partial charge in [-0.2, -0.15) is 0 Å². The SMILES string of the molecule is CCCCC1C(=O)[C@@]2(OC)CC[C@@H](O)[C@H](C=C[C@@H](O)C3CCCCC3)[C@@H]12. The van der Waals surface area contributed by atoms with Gasteiger partial charge in [-0.05, 0) is 38.0 Å². The minimum absolute atomic E-state index is 0.00803. The van der Waals surface area contributed by atoms with Crippen molar-refractivity contribution >= 4 is 5.78 Å². The number of unbranched alkanes of at least 4 members (excludes halogenated alkanes) is 1. The Kier molecular flexibility index (Phi) is 6.58. The van der Waals surface area contributed by atoms with E-state index in [1.54, 1.807) is 7.11 Å². The Morgan fingerprint density at radius 1 is 1.27 bits per heavy atom. The number of Topliss-reactive ketones (excluding diaryl/α,β-unsaturated/α-hetero) is 1. The number of ether oxygens (including phenoxy) is 1. The lowest BCUT2D eigenvalue weighted by atomic mass is 9.49. The van der Waals surface area contributed by atoms with Crippen molar-refractivity contribution in [3.05, 3.63) is 12.2 Å². The maximum Gasteiger partial charge on any atom is 0.168 e. The molecule has 0 bridgehead atoms. The van der Waals surface area contributed by atoms with Gasteiger partial charge in [0, 0.05) is 24.9 Å². The summed E-state index contributed by atoms with van der Waals surface area (Å²) in [6, 6.07) is 0. The van der Waals surface area contributed by atoms with E-state index in [4.69, 9.17) is 4.74 Å². The van der Waals surface area contributed by atoms with Gasteiger partial charge in [0.15, 0.2) is 5.78 Å². The molecular weight excluding hydrogens is 328 g/mol. The van der Waals surface area contributed by atoms with Crippen molar-refractivity contribution in [2.75, 3.05) is 7.11 Å². The van der Waals surface area contributed by atoms with Gasteiger partial charge in [-0.15, -0.1) is 0 Å². The lowest BCUT2D eigenvalue weighted by molar-refractivity contribution is -0.209. The molecule has 3 aliphatic carbocycles. The number of rotatable bonds is 7. The van der Waals surface area contributed by atoms with Crippen molar-refractivity contribution in [1.82, 2.24) is 0 Å². The van der Waals surface area contributed by atoms with E-state index in [1.165, 1.54) is 19.3 Å². The standard InChI is InChI=1S/C22H36O4/c1-3-4-10-17-20-16(11-12-18(23)15-8-6-5-7-9-15)19(24)13-14-22(20,26-2)21(17)25/h11-12,15-20,23-24H,3-10,13-14H2,1-2H3/t16-,17?,18+,19+,20-,22+/m0/s1. The van der Waals surface area contributed by atoms with Crippen LogP contribution >= 0.6 is 0 Å². The Balaban J connectivity index is 1.74. The molecule has 6 atom stereocenters. The Morgan fingerprint density at radius 2 is 2.00 bits per heavy atom. The first-order chi connectivity index (χ1) is 12.5. The smallest absolute Gasteiger partial charge is 0.168 e. The molecule has 0 heterocycles. The molecule has 3 fully saturated rings. The van der Waals surface area contributed by atoms with Crippen LogP contribution < -0.4 is 0 Å². The molecule has 148 valence electrons. The van der Waals surface area contributed by atoms with Gasteiger partial charge in [0.1, 0.15) is 5.60 Å². The number of hydrogen-bond donors (Lipinski definition) is 2. The summed E-state index contributed by atoms with van der Waals surface area (Å²) in [7, 11) is 1.64. The molecular formula is C22H36O4. The molecule has 0 aromatic heterocycles. The second-order valence-electron chi connectivity index (χ2n) is 8.69. The van der Waals surface area contributed by atoms with Crippen LogP contribution in [0.2, 0.25) is 0 Å². The summed E-state index contributed by atoms with van der Waals surface area (Å²) in [5.41, 5.74) is -0.706. The van der Waals surface area contributed by atoms with Crippen LogP contribution in [0.25, 0.3) is 0 Å². The third-order valence-electron chi connectivity index (χ3n) is 7.29. The second kappa shape index (κ2) is 8.53. The van der Waals surface area contributed by atoms with Crippen molar-refractivity contribution in [1.29, 1.82) is 0 Å². The van der Waals surface area contributed by atoms with Crippen LogP contribution in [-0.2, 0) is 9.53 Å². The van der Waals surface area contributed by atoms with E-state index in [2.05, 4.69) is 6.92 Å². The fourth-order valence-corrected chi connectivity index (χ4v) is 5.73. The summed E-state index contributed by atoms with van der Waals surface area (Å²) < 4.78 is 5.74. The summed E-state index contributed by atoms with van der Waals surface area (Å²) in [6.07, 6.45) is 13.0. The van der Waals surface area contributed by atoms with E-state index in [9.17, 15) is 15.0 Å². The predicted octanol–water partition coefficient (Wildman–Crippen LogP) is 3.65. The highest BCUT2D eigenvalue weighted by molar-refractivity contribution is 5.97. The quantitative estimate of drug-likeness (QED) is 0.677. The minimum Gasteiger partial charge on any atom is -0.393 e. The molecule has 4 nitrogen and oxygen atoms in total. The third kappa shape index (κ3) is 3.53. The number of hydrogen-bond acceptors (Lipinski definition) is 4. The first kappa shape index (κ1) is 20.0. The van der Waals surface area contributed by atoms with Crippen LogP contribution in [0, 0.1) is 23.7 Å². The number of fused-ring (bicyclic) bond motifs is 1. The molecule has 0 spiro atoms.